The highest BCUT2D eigenvalue weighted by atomic mass is 79.9. The molecule has 162 valence electrons. The summed E-state index contributed by atoms with van der Waals surface area (Å²) in [5.41, 5.74) is 3.68. The third-order valence-corrected chi connectivity index (χ3v) is 4.48. The van der Waals surface area contributed by atoms with Gasteiger partial charge in [0.2, 0.25) is 0 Å². The van der Waals surface area contributed by atoms with Crippen molar-refractivity contribution in [1.82, 2.24) is 5.43 Å². The molecule has 2 aromatic carbocycles. The van der Waals surface area contributed by atoms with Crippen molar-refractivity contribution in [2.75, 3.05) is 26.9 Å². The lowest BCUT2D eigenvalue weighted by Gasteiger charge is -2.13. The van der Waals surface area contributed by atoms with E-state index in [0.29, 0.717) is 48.4 Å². The van der Waals surface area contributed by atoms with Crippen molar-refractivity contribution in [3.8, 4) is 23.0 Å². The normalized spacial score (nSPS) is 10.7. The summed E-state index contributed by atoms with van der Waals surface area (Å²) in [5, 5.41) is 4.05. The molecule has 0 aromatic heterocycles. The van der Waals surface area contributed by atoms with Gasteiger partial charge in [0, 0.05) is 5.56 Å². The molecule has 0 saturated heterocycles. The highest BCUT2D eigenvalue weighted by Gasteiger charge is 2.12. The quantitative estimate of drug-likeness (QED) is 0.370. The van der Waals surface area contributed by atoms with Crippen LogP contribution in [0, 0.1) is 0 Å². The molecule has 0 aliphatic rings. The van der Waals surface area contributed by atoms with Crippen molar-refractivity contribution in [3.63, 3.8) is 0 Å². The maximum atomic E-state index is 12.4. The Balaban J connectivity index is 2.12. The van der Waals surface area contributed by atoms with Crippen molar-refractivity contribution in [2.45, 2.75) is 27.2 Å². The molecule has 0 atom stereocenters. The molecule has 8 heteroatoms. The fourth-order valence-corrected chi connectivity index (χ4v) is 3.16. The predicted octanol–water partition coefficient (Wildman–Crippen LogP) is 4.81. The van der Waals surface area contributed by atoms with Gasteiger partial charge in [-0.2, -0.15) is 5.10 Å². The number of carbonyl (C=O) groups is 1. The Morgan fingerprint density at radius 1 is 1.03 bits per heavy atom. The van der Waals surface area contributed by atoms with E-state index >= 15 is 0 Å². The third kappa shape index (κ3) is 6.38. The zero-order valence-electron chi connectivity index (χ0n) is 17.7. The Morgan fingerprint density at radius 3 is 2.43 bits per heavy atom. The van der Waals surface area contributed by atoms with E-state index < -0.39 is 0 Å². The summed E-state index contributed by atoms with van der Waals surface area (Å²) in [5.74, 6) is 1.98. The van der Waals surface area contributed by atoms with E-state index in [2.05, 4.69) is 26.5 Å². The van der Waals surface area contributed by atoms with Crippen molar-refractivity contribution in [3.05, 3.63) is 45.9 Å². The van der Waals surface area contributed by atoms with Crippen LogP contribution < -0.4 is 24.4 Å². The molecular weight excluding hydrogens is 452 g/mol. The van der Waals surface area contributed by atoms with Crippen LogP contribution in [-0.4, -0.2) is 39.1 Å². The van der Waals surface area contributed by atoms with Crippen LogP contribution >= 0.6 is 15.9 Å². The van der Waals surface area contributed by atoms with E-state index in [0.717, 1.165) is 16.5 Å². The number of hydrazone groups is 1. The van der Waals surface area contributed by atoms with Gasteiger partial charge in [0.25, 0.3) is 5.91 Å². The van der Waals surface area contributed by atoms with Gasteiger partial charge in [-0.15, -0.1) is 0 Å². The van der Waals surface area contributed by atoms with Gasteiger partial charge in [-0.3, -0.25) is 4.79 Å². The lowest BCUT2D eigenvalue weighted by Crippen LogP contribution is -2.17. The second-order valence-electron chi connectivity index (χ2n) is 6.11. The molecule has 0 aliphatic heterocycles. The molecule has 30 heavy (non-hydrogen) atoms. The van der Waals surface area contributed by atoms with Gasteiger partial charge in [0.15, 0.2) is 23.0 Å². The van der Waals surface area contributed by atoms with Crippen LogP contribution in [0.4, 0.5) is 0 Å². The zero-order valence-corrected chi connectivity index (χ0v) is 19.2. The van der Waals surface area contributed by atoms with Gasteiger partial charge >= 0.3 is 0 Å². The van der Waals surface area contributed by atoms with Crippen molar-refractivity contribution < 1.29 is 23.7 Å². The Labute approximate surface area is 185 Å². The average molecular weight is 479 g/mol. The number of rotatable bonds is 11. The molecule has 1 N–H and O–H groups in total. The first-order valence-corrected chi connectivity index (χ1v) is 10.6. The third-order valence-electron chi connectivity index (χ3n) is 3.89. The lowest BCUT2D eigenvalue weighted by molar-refractivity contribution is 0.0954. The van der Waals surface area contributed by atoms with Crippen LogP contribution in [0.2, 0.25) is 0 Å². The summed E-state index contributed by atoms with van der Waals surface area (Å²) in [4.78, 5) is 12.4. The molecule has 0 unspecified atom stereocenters. The van der Waals surface area contributed by atoms with Gasteiger partial charge in [-0.1, -0.05) is 6.92 Å². The molecule has 0 radical (unpaired) electrons. The molecular formula is C22H27BrN2O5. The van der Waals surface area contributed by atoms with E-state index in [1.807, 2.05) is 26.8 Å². The summed E-state index contributed by atoms with van der Waals surface area (Å²) < 4.78 is 22.9. The lowest BCUT2D eigenvalue weighted by atomic mass is 10.2. The van der Waals surface area contributed by atoms with Crippen LogP contribution in [0.5, 0.6) is 23.0 Å². The number of benzene rings is 2. The maximum Gasteiger partial charge on any atom is 0.271 e. The summed E-state index contributed by atoms with van der Waals surface area (Å²) in [6.07, 6.45) is 2.42. The first-order valence-electron chi connectivity index (χ1n) is 9.77. The number of amides is 1. The molecule has 7 nitrogen and oxygen atoms in total. The molecule has 1 amide bonds. The largest absolute Gasteiger partial charge is 0.493 e. The van der Waals surface area contributed by atoms with Crippen LogP contribution in [0.15, 0.2) is 39.9 Å². The van der Waals surface area contributed by atoms with Crippen LogP contribution in [-0.2, 0) is 0 Å². The first kappa shape index (κ1) is 23.5. The van der Waals surface area contributed by atoms with Crippen LogP contribution in [0.1, 0.15) is 43.1 Å². The van der Waals surface area contributed by atoms with Crippen molar-refractivity contribution >= 4 is 28.1 Å². The number of halogens is 1. The number of nitrogens with one attached hydrogen (secondary N) is 1. The van der Waals surface area contributed by atoms with Crippen molar-refractivity contribution in [1.29, 1.82) is 0 Å². The Morgan fingerprint density at radius 2 is 1.77 bits per heavy atom. The maximum absolute atomic E-state index is 12.4. The number of methoxy groups -OCH3 is 1. The summed E-state index contributed by atoms with van der Waals surface area (Å²) in [7, 11) is 1.57. The van der Waals surface area contributed by atoms with E-state index in [4.69, 9.17) is 18.9 Å². The zero-order chi connectivity index (χ0) is 21.9. The molecule has 2 aromatic rings. The van der Waals surface area contributed by atoms with Gasteiger partial charge in [0.05, 0.1) is 37.6 Å². The number of hydrogen-bond donors (Lipinski definition) is 1. The topological polar surface area (TPSA) is 78.4 Å². The van der Waals surface area contributed by atoms with E-state index in [-0.39, 0.29) is 5.91 Å². The first-order chi connectivity index (χ1) is 14.5. The van der Waals surface area contributed by atoms with Crippen molar-refractivity contribution in [2.24, 2.45) is 5.10 Å². The molecule has 0 spiro atoms. The highest BCUT2D eigenvalue weighted by molar-refractivity contribution is 9.10. The fourth-order valence-electron chi connectivity index (χ4n) is 2.58. The van der Waals surface area contributed by atoms with E-state index in [1.54, 1.807) is 31.4 Å². The summed E-state index contributed by atoms with van der Waals surface area (Å²) >= 11 is 3.49. The minimum atomic E-state index is -0.357. The molecule has 0 aliphatic carbocycles. The van der Waals surface area contributed by atoms with Gasteiger partial charge < -0.3 is 18.9 Å². The number of hydrogen-bond acceptors (Lipinski definition) is 6. The second kappa shape index (κ2) is 12.1. The fraction of sp³-hybridized carbons (Fsp3) is 0.364. The molecule has 0 heterocycles. The Kier molecular flexibility index (Phi) is 9.47. The molecule has 2 rings (SSSR count). The van der Waals surface area contributed by atoms with Crippen LogP contribution in [0.25, 0.3) is 0 Å². The Bertz CT molecular complexity index is 886. The highest BCUT2D eigenvalue weighted by Crippen LogP contribution is 2.36. The monoisotopic (exact) mass is 478 g/mol. The average Bonchev–Trinajstić information content (AvgIpc) is 2.74. The second-order valence-corrected chi connectivity index (χ2v) is 6.96. The van der Waals surface area contributed by atoms with E-state index in [1.165, 1.54) is 6.21 Å². The molecule has 0 saturated carbocycles. The minimum Gasteiger partial charge on any atom is -0.493 e. The summed E-state index contributed by atoms with van der Waals surface area (Å²) in [6.45, 7) is 7.36. The predicted molar refractivity (Wildman–Crippen MR) is 120 cm³/mol. The minimum absolute atomic E-state index is 0.357. The Hall–Kier alpha value is -2.74. The van der Waals surface area contributed by atoms with Crippen LogP contribution in [0.3, 0.4) is 0 Å². The number of ether oxygens (including phenoxy) is 4. The standard InChI is InChI=1S/C22H27BrN2O5/c1-5-10-30-21-17(23)11-15(12-20(21)27-4)14-24-25-22(26)16-8-9-18(28-6-2)19(13-16)29-7-3/h8-9,11-14H,5-7,10H2,1-4H3,(H,25,26)/b24-14+. The number of carbonyl (C=O) groups excluding carboxylic acids is 1. The molecule has 0 fully saturated rings. The number of nitrogens with zero attached hydrogens (tertiary/aromatic N) is 1. The smallest absolute Gasteiger partial charge is 0.271 e. The van der Waals surface area contributed by atoms with E-state index in [9.17, 15) is 4.79 Å². The summed E-state index contributed by atoms with van der Waals surface area (Å²) in [6, 6.07) is 8.64. The van der Waals surface area contributed by atoms with Gasteiger partial charge in [0.1, 0.15) is 0 Å². The SMILES string of the molecule is CCCOc1c(Br)cc(/C=N/NC(=O)c2ccc(OCC)c(OCC)c2)cc1OC. The van der Waals surface area contributed by atoms with Gasteiger partial charge in [-0.25, -0.2) is 5.43 Å². The van der Waals surface area contributed by atoms with Gasteiger partial charge in [-0.05, 0) is 72.1 Å². The molecule has 0 bridgehead atoms.